The molecule has 0 fully saturated rings. The van der Waals surface area contributed by atoms with Crippen LogP contribution in [0.1, 0.15) is 5.76 Å². The Labute approximate surface area is 75.2 Å². The Bertz CT molecular complexity index is 141. The first-order chi connectivity index (χ1) is 3.93. The molecule has 9 heavy (non-hydrogen) atoms. The first kappa shape index (κ1) is 9.50. The molecular weight excluding hydrogens is 246 g/mol. The Balaban J connectivity index is 0.000000640. The Morgan fingerprint density at radius 1 is 1.67 bits per heavy atom. The lowest BCUT2D eigenvalue weighted by molar-refractivity contribution is 0.532. The summed E-state index contributed by atoms with van der Waals surface area (Å²) in [6.45, 7) is 0. The van der Waals surface area contributed by atoms with Crippen LogP contribution in [-0.2, 0) is 4.43 Å². The standard InChI is InChI=1S/C5H6IO2.Al.3H/c7-6-4-5-2-1-3-8-5;;;;/h1-3,7H,4H2;;;;. The van der Waals surface area contributed by atoms with E-state index in [1.165, 1.54) is 0 Å². The van der Waals surface area contributed by atoms with Crippen LogP contribution in [0.2, 0.25) is 0 Å². The second-order valence-electron chi connectivity index (χ2n) is 1.33. The average molecular weight is 255 g/mol. The van der Waals surface area contributed by atoms with Crippen LogP contribution in [0.5, 0.6) is 0 Å². The van der Waals surface area contributed by atoms with Crippen molar-refractivity contribution in [1.29, 1.82) is 0 Å². The van der Waals surface area contributed by atoms with Crippen molar-refractivity contribution in [2.75, 3.05) is 0 Å². The lowest BCUT2D eigenvalue weighted by atomic mass is 10.5. The zero-order chi connectivity index (χ0) is 5.82. The van der Waals surface area contributed by atoms with Crippen LogP contribution < -0.4 is 0 Å². The van der Waals surface area contributed by atoms with Gasteiger partial charge in [-0.3, -0.25) is 0 Å². The Kier molecular flexibility index (Phi) is 5.60. The highest BCUT2D eigenvalue weighted by Gasteiger charge is 1.90. The fourth-order valence-electron chi connectivity index (χ4n) is 0.448. The minimum atomic E-state index is -0.639. The molecule has 0 amide bonds. The Morgan fingerprint density at radius 3 is 2.89 bits per heavy atom. The lowest BCUT2D eigenvalue weighted by Crippen LogP contribution is -1.66. The fraction of sp³-hybridized carbons (Fsp3) is 0.200. The van der Waals surface area contributed by atoms with E-state index in [-0.39, 0.29) is 17.4 Å². The molecule has 0 unspecified atom stereocenters. The van der Waals surface area contributed by atoms with Gasteiger partial charge in [-0.1, -0.05) is 0 Å². The van der Waals surface area contributed by atoms with E-state index in [2.05, 4.69) is 0 Å². The highest BCUT2D eigenvalue weighted by atomic mass is 127. The normalized spacial score (nSPS) is 8.56. The van der Waals surface area contributed by atoms with Gasteiger partial charge < -0.3 is 7.85 Å². The molecular formula is C5H9AlIO2. The van der Waals surface area contributed by atoms with Gasteiger partial charge in [-0.15, -0.1) is 0 Å². The van der Waals surface area contributed by atoms with Crippen molar-refractivity contribution in [3.05, 3.63) is 24.2 Å². The zero-order valence-electron chi connectivity index (χ0n) is 4.17. The molecule has 0 aliphatic heterocycles. The van der Waals surface area contributed by atoms with Gasteiger partial charge in [-0.05, 0) is 12.1 Å². The number of rotatable bonds is 2. The van der Waals surface area contributed by atoms with Gasteiger partial charge in [0.25, 0.3) is 0 Å². The summed E-state index contributed by atoms with van der Waals surface area (Å²) in [6.07, 6.45) is 1.62. The SMILES string of the molecule is O[I]Cc1ccco1.[AlH3]. The smallest absolute Gasteiger partial charge is 0.187 e. The van der Waals surface area contributed by atoms with Crippen molar-refractivity contribution in [1.82, 2.24) is 0 Å². The van der Waals surface area contributed by atoms with Gasteiger partial charge in [0.05, 0.1) is 10.7 Å². The second kappa shape index (κ2) is 5.30. The molecule has 0 aromatic carbocycles. The predicted octanol–water partition coefficient (Wildman–Crippen LogP) is 0.474. The molecule has 1 aromatic rings. The third-order valence-electron chi connectivity index (χ3n) is 0.772. The lowest BCUT2D eigenvalue weighted by Gasteiger charge is -1.84. The summed E-state index contributed by atoms with van der Waals surface area (Å²) >= 11 is -0.639. The molecule has 0 atom stereocenters. The van der Waals surface area contributed by atoms with Gasteiger partial charge >= 0.3 is 0 Å². The summed E-state index contributed by atoms with van der Waals surface area (Å²) in [4.78, 5) is 0. The van der Waals surface area contributed by atoms with E-state index >= 15 is 0 Å². The molecule has 0 bridgehead atoms. The maximum Gasteiger partial charge on any atom is 0.187 e. The Hall–Kier alpha value is 0.502. The maximum absolute atomic E-state index is 8.49. The molecule has 0 saturated carbocycles. The van der Waals surface area contributed by atoms with E-state index in [1.54, 1.807) is 6.26 Å². The summed E-state index contributed by atoms with van der Waals surface area (Å²) in [5.41, 5.74) is 0. The number of halogens is 1. The average Bonchev–Trinajstić information content (AvgIpc) is 2.19. The molecule has 4 heteroatoms. The molecule has 0 aliphatic carbocycles. The first-order valence-electron chi connectivity index (χ1n) is 2.19. The fourth-order valence-corrected chi connectivity index (χ4v) is 1.22. The van der Waals surface area contributed by atoms with Crippen molar-refractivity contribution in [2.24, 2.45) is 0 Å². The van der Waals surface area contributed by atoms with E-state index in [0.29, 0.717) is 0 Å². The van der Waals surface area contributed by atoms with Crippen LogP contribution in [0.3, 0.4) is 0 Å². The summed E-state index contributed by atoms with van der Waals surface area (Å²) in [7, 11) is 0. The Morgan fingerprint density at radius 2 is 2.44 bits per heavy atom. The van der Waals surface area contributed by atoms with E-state index in [0.717, 1.165) is 10.2 Å². The number of alkyl halides is 1. The largest absolute Gasteiger partial charge is 0.468 e. The van der Waals surface area contributed by atoms with Crippen molar-refractivity contribution in [3.8, 4) is 0 Å². The summed E-state index contributed by atoms with van der Waals surface area (Å²) in [5, 5.41) is 0. The molecule has 2 nitrogen and oxygen atoms in total. The molecule has 1 N–H and O–H groups in total. The third-order valence-corrected chi connectivity index (χ3v) is 1.86. The number of hydrogen-bond donors (Lipinski definition) is 1. The van der Waals surface area contributed by atoms with E-state index in [4.69, 9.17) is 7.85 Å². The second-order valence-corrected chi connectivity index (χ2v) is 2.78. The summed E-state index contributed by atoms with van der Waals surface area (Å²) in [5.74, 6) is 0.889. The van der Waals surface area contributed by atoms with Crippen LogP contribution in [0.4, 0.5) is 0 Å². The van der Waals surface area contributed by atoms with Gasteiger partial charge in [-0.2, -0.15) is 0 Å². The third kappa shape index (κ3) is 3.26. The molecule has 1 rings (SSSR count). The number of furan rings is 1. The molecule has 0 aliphatic rings. The summed E-state index contributed by atoms with van der Waals surface area (Å²) in [6, 6.07) is 3.70. The van der Waals surface area contributed by atoms with Gasteiger partial charge in [0, 0.05) is 21.6 Å². The predicted molar refractivity (Wildman–Crippen MR) is 48.6 cm³/mol. The van der Waals surface area contributed by atoms with Crippen molar-refractivity contribution in [3.63, 3.8) is 0 Å². The summed E-state index contributed by atoms with van der Waals surface area (Å²) < 4.78 is 14.2. The zero-order valence-corrected chi connectivity index (χ0v) is 6.33. The quantitative estimate of drug-likeness (QED) is 0.473. The molecule has 1 heterocycles. The van der Waals surface area contributed by atoms with Gasteiger partial charge in [-0.25, -0.2) is 0 Å². The molecule has 0 spiro atoms. The molecule has 1 aromatic heterocycles. The van der Waals surface area contributed by atoms with Crippen LogP contribution in [0, 0.1) is 0 Å². The van der Waals surface area contributed by atoms with Crippen LogP contribution in [0.25, 0.3) is 0 Å². The molecule has 1 radical (unpaired) electrons. The van der Waals surface area contributed by atoms with Gasteiger partial charge in [0.2, 0.25) is 0 Å². The topological polar surface area (TPSA) is 33.4 Å². The molecule has 51 valence electrons. The number of hydrogen-bond acceptors (Lipinski definition) is 2. The minimum Gasteiger partial charge on any atom is -0.468 e. The van der Waals surface area contributed by atoms with E-state index in [1.807, 2.05) is 12.1 Å². The molecule has 0 saturated heterocycles. The maximum atomic E-state index is 8.49. The van der Waals surface area contributed by atoms with Gasteiger partial charge in [0.1, 0.15) is 5.76 Å². The monoisotopic (exact) mass is 255 g/mol. The van der Waals surface area contributed by atoms with Crippen molar-refractivity contribution in [2.45, 2.75) is 4.43 Å². The highest BCUT2D eigenvalue weighted by Crippen LogP contribution is 2.13. The van der Waals surface area contributed by atoms with Crippen molar-refractivity contribution >= 4 is 39.0 Å². The first-order valence-corrected chi connectivity index (χ1v) is 4.68. The minimum absolute atomic E-state index is 0. The van der Waals surface area contributed by atoms with Crippen molar-refractivity contribution < 1.29 is 7.85 Å². The van der Waals surface area contributed by atoms with E-state index < -0.39 is 21.6 Å². The van der Waals surface area contributed by atoms with Crippen LogP contribution >= 0.6 is 21.6 Å². The van der Waals surface area contributed by atoms with Gasteiger partial charge in [0.15, 0.2) is 17.4 Å². The van der Waals surface area contributed by atoms with Crippen LogP contribution in [0.15, 0.2) is 22.8 Å². The van der Waals surface area contributed by atoms with Crippen LogP contribution in [-0.4, -0.2) is 20.8 Å². The highest BCUT2D eigenvalue weighted by molar-refractivity contribution is 14.2. The van der Waals surface area contributed by atoms with E-state index in [9.17, 15) is 0 Å².